The minimum absolute atomic E-state index is 0. The molecule has 0 radical (unpaired) electrons. The fourth-order valence-corrected chi connectivity index (χ4v) is 18.9. The molecule has 12 aromatic carbocycles. The molecule has 12 rings (SSSR count). The SMILES string of the molecule is CCCCCCc1cc2ccccc2[cH-]1.CCCCCCc1cc2ccccc2[cH-]1.CCCCCCc1cc2ccccc2[cH-]1.CCCCCCc1cc2ccccc2[cH-]1.[Cl-].[Cl-].[Zr+2]=[Si](c1ccccc1)c1ccccc1.[Zr+2]=[Si](c1ccccc1)c1ccccc1. The molecule has 0 amide bonds. The Morgan fingerprint density at radius 1 is 0.244 bits per heavy atom. The van der Waals surface area contributed by atoms with Crippen LogP contribution >= 0.6 is 0 Å². The molecule has 0 bridgehead atoms. The van der Waals surface area contributed by atoms with Crippen molar-refractivity contribution in [3.05, 3.63) is 289 Å². The van der Waals surface area contributed by atoms with Gasteiger partial charge in [-0.05, 0) is 25.7 Å². The third-order valence-electron chi connectivity index (χ3n) is 16.2. The minimum atomic E-state index is -0.455. The van der Waals surface area contributed by atoms with E-state index in [-0.39, 0.29) is 24.8 Å². The van der Waals surface area contributed by atoms with Crippen molar-refractivity contribution in [1.82, 2.24) is 0 Å². The fraction of sp³-hybridized carbons (Fsp3) is 0.286. The summed E-state index contributed by atoms with van der Waals surface area (Å²) in [6.45, 7) is 9.04. The number of rotatable bonds is 24. The van der Waals surface area contributed by atoms with Crippen molar-refractivity contribution < 1.29 is 71.5 Å². The van der Waals surface area contributed by atoms with Crippen molar-refractivity contribution in [3.8, 4) is 0 Å². The van der Waals surface area contributed by atoms with Crippen molar-refractivity contribution in [2.45, 2.75) is 156 Å². The number of benzene rings is 8. The van der Waals surface area contributed by atoms with Gasteiger partial charge < -0.3 is 24.8 Å². The number of fused-ring (bicyclic) bond motifs is 4. The van der Waals surface area contributed by atoms with Gasteiger partial charge in [0.15, 0.2) is 0 Å². The summed E-state index contributed by atoms with van der Waals surface area (Å²) in [7, 11) is 0. The number of hydrogen-bond acceptors (Lipinski definition) is 0. The molecule has 0 aliphatic heterocycles. The Bertz CT molecular complexity index is 3170. The normalized spacial score (nSPS) is 10.4. The fourth-order valence-electron chi connectivity index (χ4n) is 11.2. The molecule has 12 aromatic rings. The van der Waals surface area contributed by atoms with Gasteiger partial charge in [-0.15, -0.1) is 162 Å². The van der Waals surface area contributed by atoms with Crippen LogP contribution in [0.2, 0.25) is 0 Å². The Balaban J connectivity index is 0.000000196. The molecule has 0 nitrogen and oxygen atoms in total. The molecule has 0 saturated heterocycles. The summed E-state index contributed by atoms with van der Waals surface area (Å²) in [6, 6.07) is 96.5. The van der Waals surface area contributed by atoms with Gasteiger partial charge in [0.2, 0.25) is 0 Å². The summed E-state index contributed by atoms with van der Waals surface area (Å²) in [6.07, 6.45) is 26.6. The molecule has 6 heteroatoms. The topological polar surface area (TPSA) is 0 Å². The van der Waals surface area contributed by atoms with Crippen LogP contribution in [0, 0.1) is 0 Å². The molecule has 0 unspecified atom stereocenters. The predicted molar refractivity (Wildman–Crippen MR) is 385 cm³/mol. The first kappa shape index (κ1) is 75.7. The van der Waals surface area contributed by atoms with E-state index < -0.39 is 10.9 Å². The van der Waals surface area contributed by atoms with Crippen molar-refractivity contribution >= 4 is 74.7 Å². The van der Waals surface area contributed by atoms with Gasteiger partial charge in [-0.1, -0.05) is 155 Å². The van der Waals surface area contributed by atoms with E-state index in [1.54, 1.807) is 46.7 Å². The zero-order valence-corrected chi connectivity index (χ0v) is 62.7. The van der Waals surface area contributed by atoms with E-state index >= 15 is 0 Å². The van der Waals surface area contributed by atoms with E-state index in [2.05, 4.69) is 295 Å². The molecule has 464 valence electrons. The van der Waals surface area contributed by atoms with E-state index in [1.807, 2.05) is 0 Å². The maximum atomic E-state index is 2.33. The Morgan fingerprint density at radius 2 is 0.433 bits per heavy atom. The molecule has 0 fully saturated rings. The molecule has 90 heavy (non-hydrogen) atoms. The molecule has 0 saturated carbocycles. The Hall–Kier alpha value is -5.02. The van der Waals surface area contributed by atoms with Crippen molar-refractivity contribution in [2.75, 3.05) is 0 Å². The summed E-state index contributed by atoms with van der Waals surface area (Å²) < 4.78 is 0. The number of aryl methyl sites for hydroxylation is 4. The van der Waals surface area contributed by atoms with Crippen LogP contribution in [0.25, 0.3) is 43.1 Å². The third-order valence-corrected chi connectivity index (χ3v) is 28.4. The molecule has 0 N–H and O–H groups in total. The van der Waals surface area contributed by atoms with Gasteiger partial charge >= 0.3 is 200 Å². The van der Waals surface area contributed by atoms with Crippen LogP contribution in [0.3, 0.4) is 0 Å². The molecule has 0 spiro atoms. The second-order valence-electron chi connectivity index (χ2n) is 23.4. The quantitative estimate of drug-likeness (QED) is 0.0321. The van der Waals surface area contributed by atoms with Gasteiger partial charge in [-0.2, -0.15) is 24.3 Å². The van der Waals surface area contributed by atoms with E-state index in [0.717, 1.165) is 0 Å². The standard InChI is InChI=1S/4C15H19.2C12H10Si.2ClH.2Zr/c4*1-2-3-4-5-8-13-11-14-9-6-7-10-15(14)12-13;2*1-3-7-11(8-4-1)13-12-9-5-2-6-10-12;;;;/h4*6-7,9-12H,2-5,8H2,1H3;2*1-10H;2*1H;;/q4*-1;;;;;2*+2/p-2. The second-order valence-corrected chi connectivity index (χ2v) is 34.6. The first-order valence-electron chi connectivity index (χ1n) is 33.3. The van der Waals surface area contributed by atoms with Crippen LogP contribution in [0.4, 0.5) is 0 Å². The van der Waals surface area contributed by atoms with E-state index in [0.29, 0.717) is 0 Å². The molecule has 0 atom stereocenters. The van der Waals surface area contributed by atoms with Crippen LogP contribution in [-0.4, -0.2) is 10.9 Å². The van der Waals surface area contributed by atoms with Gasteiger partial charge in [0, 0.05) is 0 Å². The molecular formula is C84H96Cl2Si2Zr2-2. The first-order chi connectivity index (χ1) is 43.3. The summed E-state index contributed by atoms with van der Waals surface area (Å²) in [4.78, 5) is 0. The monoisotopic (exact) mass is 1410 g/mol. The Morgan fingerprint density at radius 3 is 0.622 bits per heavy atom. The van der Waals surface area contributed by atoms with E-state index in [1.165, 1.54) is 215 Å². The molecule has 0 aliphatic rings. The molecule has 0 aliphatic carbocycles. The zero-order chi connectivity index (χ0) is 61.6. The van der Waals surface area contributed by atoms with E-state index in [9.17, 15) is 0 Å². The van der Waals surface area contributed by atoms with Gasteiger partial charge in [0.05, 0.1) is 0 Å². The predicted octanol–water partition coefficient (Wildman–Crippen LogP) is 15.4. The Labute approximate surface area is 585 Å². The van der Waals surface area contributed by atoms with Gasteiger partial charge in [0.25, 0.3) is 0 Å². The molecule has 0 heterocycles. The van der Waals surface area contributed by atoms with Gasteiger partial charge in [-0.3, -0.25) is 0 Å². The Kier molecular flexibility index (Phi) is 38.1. The molecule has 0 aromatic heterocycles. The first-order valence-corrected chi connectivity index (χ1v) is 43.7. The maximum absolute atomic E-state index is 2.33. The van der Waals surface area contributed by atoms with E-state index in [4.69, 9.17) is 0 Å². The summed E-state index contributed by atoms with van der Waals surface area (Å²) >= 11 is 3.29. The second kappa shape index (κ2) is 45.3. The number of halogens is 2. The summed E-state index contributed by atoms with van der Waals surface area (Å²) in [5, 5.41) is 17.2. The van der Waals surface area contributed by atoms with Crippen LogP contribution in [-0.2, 0) is 72.4 Å². The van der Waals surface area contributed by atoms with Crippen molar-refractivity contribution in [2.24, 2.45) is 0 Å². The molecular weight excluding hydrogens is 1320 g/mol. The number of unbranched alkanes of at least 4 members (excludes halogenated alkanes) is 12. The zero-order valence-electron chi connectivity index (χ0n) is 54.3. The van der Waals surface area contributed by atoms with Crippen molar-refractivity contribution in [3.63, 3.8) is 0 Å². The van der Waals surface area contributed by atoms with Crippen LogP contribution in [0.1, 0.15) is 153 Å². The van der Waals surface area contributed by atoms with Gasteiger partial charge in [0.1, 0.15) is 0 Å². The van der Waals surface area contributed by atoms with Crippen LogP contribution in [0.15, 0.2) is 267 Å². The summed E-state index contributed by atoms with van der Waals surface area (Å²) in [5.74, 6) is 0. The van der Waals surface area contributed by atoms with Gasteiger partial charge in [-0.25, -0.2) is 0 Å². The average Bonchev–Trinajstić information content (AvgIpc) is 3.66. The van der Waals surface area contributed by atoms with Crippen LogP contribution < -0.4 is 45.6 Å². The number of hydrogen-bond donors (Lipinski definition) is 0. The summed E-state index contributed by atoms with van der Waals surface area (Å²) in [5.41, 5.74) is 5.12. The third kappa shape index (κ3) is 27.3. The average molecular weight is 1420 g/mol. The van der Waals surface area contributed by atoms with Crippen LogP contribution in [0.5, 0.6) is 0 Å². The van der Waals surface area contributed by atoms with Crippen molar-refractivity contribution in [1.29, 1.82) is 0 Å².